The maximum Gasteiger partial charge on any atom is 0.273 e. The molecule has 0 bridgehead atoms. The lowest BCUT2D eigenvalue weighted by atomic mass is 9.99. The third-order valence-electron chi connectivity index (χ3n) is 6.38. The smallest absolute Gasteiger partial charge is 0.273 e. The summed E-state index contributed by atoms with van der Waals surface area (Å²) in [6.45, 7) is 8.96. The van der Waals surface area contributed by atoms with Gasteiger partial charge in [0.25, 0.3) is 11.8 Å². The van der Waals surface area contributed by atoms with Crippen molar-refractivity contribution in [1.29, 1.82) is 0 Å². The second-order valence-electron chi connectivity index (χ2n) is 9.41. The van der Waals surface area contributed by atoms with E-state index in [0.717, 1.165) is 38.8 Å². The standard InChI is InChI=1S/C25H39N3O5/c1-18(2)28(20-9-8-12-26-16-20)23(29)19-10-11-22-21(15-19)27(13-6-7-14-31-4)24(30)25(3,33-22)17-32-5/h10-11,15,18,20,26H,6-9,12-14,16-17H2,1-5H3/t20-,25-/m1/s1. The summed E-state index contributed by atoms with van der Waals surface area (Å²) in [6.07, 6.45) is 3.67. The second-order valence-corrected chi connectivity index (χ2v) is 9.41. The van der Waals surface area contributed by atoms with Crippen molar-refractivity contribution in [3.63, 3.8) is 0 Å². The number of unbranched alkanes of at least 4 members (excludes halogenated alkanes) is 1. The Kier molecular flexibility index (Phi) is 8.73. The normalized spacial score (nSPS) is 22.8. The van der Waals surface area contributed by atoms with Gasteiger partial charge in [-0.15, -0.1) is 0 Å². The molecule has 0 aromatic heterocycles. The Labute approximate surface area is 197 Å². The van der Waals surface area contributed by atoms with Crippen LogP contribution in [0.5, 0.6) is 5.75 Å². The molecule has 184 valence electrons. The van der Waals surface area contributed by atoms with Crippen molar-refractivity contribution in [1.82, 2.24) is 10.2 Å². The summed E-state index contributed by atoms with van der Waals surface area (Å²) >= 11 is 0. The minimum absolute atomic E-state index is 0.0153. The fourth-order valence-electron chi connectivity index (χ4n) is 4.78. The van der Waals surface area contributed by atoms with Gasteiger partial charge in [0.15, 0.2) is 0 Å². The lowest BCUT2D eigenvalue weighted by molar-refractivity contribution is -0.138. The van der Waals surface area contributed by atoms with Gasteiger partial charge in [0.1, 0.15) is 5.75 Å². The molecule has 8 nitrogen and oxygen atoms in total. The number of amides is 2. The van der Waals surface area contributed by atoms with Gasteiger partial charge in [0, 0.05) is 51.6 Å². The van der Waals surface area contributed by atoms with Crippen LogP contribution in [0, 0.1) is 0 Å². The first kappa shape index (κ1) is 25.5. The quantitative estimate of drug-likeness (QED) is 0.540. The van der Waals surface area contributed by atoms with Crippen molar-refractivity contribution >= 4 is 17.5 Å². The zero-order chi connectivity index (χ0) is 24.0. The number of fused-ring (bicyclic) bond motifs is 1. The van der Waals surface area contributed by atoms with Gasteiger partial charge in [0.2, 0.25) is 5.60 Å². The first-order chi connectivity index (χ1) is 15.8. The molecular weight excluding hydrogens is 422 g/mol. The van der Waals surface area contributed by atoms with E-state index in [1.165, 1.54) is 0 Å². The average molecular weight is 462 g/mol. The van der Waals surface area contributed by atoms with Crippen molar-refractivity contribution in [3.8, 4) is 5.75 Å². The average Bonchev–Trinajstić information content (AvgIpc) is 2.79. The van der Waals surface area contributed by atoms with Crippen molar-refractivity contribution in [2.24, 2.45) is 0 Å². The Bertz CT molecular complexity index is 824. The Hall–Kier alpha value is -2.16. The third kappa shape index (κ3) is 5.67. The summed E-state index contributed by atoms with van der Waals surface area (Å²) in [7, 11) is 3.23. The molecule has 2 atom stereocenters. The van der Waals surface area contributed by atoms with Crippen LogP contribution in [0.25, 0.3) is 0 Å². The number of carbonyl (C=O) groups is 2. The predicted octanol–water partition coefficient (Wildman–Crippen LogP) is 2.85. The van der Waals surface area contributed by atoms with Crippen LogP contribution in [0.15, 0.2) is 18.2 Å². The Morgan fingerprint density at radius 1 is 1.30 bits per heavy atom. The van der Waals surface area contributed by atoms with Crippen LogP contribution in [0.2, 0.25) is 0 Å². The predicted molar refractivity (Wildman–Crippen MR) is 128 cm³/mol. The summed E-state index contributed by atoms with van der Waals surface area (Å²) in [4.78, 5) is 30.7. The zero-order valence-corrected chi connectivity index (χ0v) is 20.7. The minimum atomic E-state index is -1.10. The number of hydrogen-bond donors (Lipinski definition) is 1. The van der Waals surface area contributed by atoms with E-state index < -0.39 is 5.60 Å². The number of nitrogens with zero attached hydrogens (tertiary/aromatic N) is 2. The van der Waals surface area contributed by atoms with Gasteiger partial charge in [0.05, 0.1) is 12.3 Å². The highest BCUT2D eigenvalue weighted by Crippen LogP contribution is 2.39. The van der Waals surface area contributed by atoms with Crippen molar-refractivity contribution in [3.05, 3.63) is 23.8 Å². The van der Waals surface area contributed by atoms with E-state index in [-0.39, 0.29) is 30.5 Å². The molecule has 0 aliphatic carbocycles. The molecular formula is C25H39N3O5. The Morgan fingerprint density at radius 2 is 2.09 bits per heavy atom. The van der Waals surface area contributed by atoms with Gasteiger partial charge in [-0.05, 0) is 71.2 Å². The van der Waals surface area contributed by atoms with E-state index in [1.807, 2.05) is 17.0 Å². The highest BCUT2D eigenvalue weighted by molar-refractivity contribution is 6.04. The molecule has 1 aromatic carbocycles. The topological polar surface area (TPSA) is 80.3 Å². The van der Waals surface area contributed by atoms with E-state index in [1.54, 1.807) is 32.1 Å². The number of nitrogens with one attached hydrogen (secondary N) is 1. The molecule has 0 saturated carbocycles. The summed E-state index contributed by atoms with van der Waals surface area (Å²) in [5.74, 6) is 0.419. The van der Waals surface area contributed by atoms with E-state index in [0.29, 0.717) is 30.2 Å². The molecule has 0 spiro atoms. The van der Waals surface area contributed by atoms with E-state index in [9.17, 15) is 9.59 Å². The van der Waals surface area contributed by atoms with Crippen LogP contribution in [0.3, 0.4) is 0 Å². The van der Waals surface area contributed by atoms with Crippen LogP contribution in [-0.2, 0) is 14.3 Å². The number of carbonyl (C=O) groups excluding carboxylic acids is 2. The number of methoxy groups -OCH3 is 2. The van der Waals surface area contributed by atoms with Gasteiger partial charge in [-0.3, -0.25) is 9.59 Å². The summed E-state index contributed by atoms with van der Waals surface area (Å²) in [5, 5.41) is 3.40. The molecule has 1 aromatic rings. The summed E-state index contributed by atoms with van der Waals surface area (Å²) < 4.78 is 16.6. The largest absolute Gasteiger partial charge is 0.473 e. The second kappa shape index (κ2) is 11.3. The molecule has 2 aliphatic heterocycles. The monoisotopic (exact) mass is 461 g/mol. The van der Waals surface area contributed by atoms with Crippen LogP contribution in [-0.4, -0.2) is 81.5 Å². The Balaban J connectivity index is 1.92. The first-order valence-corrected chi connectivity index (χ1v) is 12.0. The molecule has 2 amide bonds. The summed E-state index contributed by atoms with van der Waals surface area (Å²) in [5.41, 5.74) is 0.107. The van der Waals surface area contributed by atoms with Gasteiger partial charge in [-0.25, -0.2) is 0 Å². The molecule has 1 saturated heterocycles. The lowest BCUT2D eigenvalue weighted by Crippen LogP contribution is -2.57. The highest BCUT2D eigenvalue weighted by atomic mass is 16.5. The number of anilines is 1. The molecule has 33 heavy (non-hydrogen) atoms. The number of piperidine rings is 1. The third-order valence-corrected chi connectivity index (χ3v) is 6.38. The molecule has 0 radical (unpaired) electrons. The van der Waals surface area contributed by atoms with Gasteiger partial charge >= 0.3 is 0 Å². The maximum atomic E-state index is 13.6. The fraction of sp³-hybridized carbons (Fsp3) is 0.680. The minimum Gasteiger partial charge on any atom is -0.473 e. The van der Waals surface area contributed by atoms with Gasteiger partial charge in [-0.1, -0.05) is 0 Å². The van der Waals surface area contributed by atoms with Crippen molar-refractivity contribution < 1.29 is 23.8 Å². The highest BCUT2D eigenvalue weighted by Gasteiger charge is 2.45. The van der Waals surface area contributed by atoms with Crippen LogP contribution >= 0.6 is 0 Å². The van der Waals surface area contributed by atoms with E-state index >= 15 is 0 Å². The van der Waals surface area contributed by atoms with Gasteiger partial charge < -0.3 is 29.3 Å². The lowest BCUT2D eigenvalue weighted by Gasteiger charge is -2.41. The number of hydrogen-bond acceptors (Lipinski definition) is 6. The molecule has 1 N–H and O–H groups in total. The summed E-state index contributed by atoms with van der Waals surface area (Å²) in [6, 6.07) is 5.66. The number of benzene rings is 1. The van der Waals surface area contributed by atoms with Crippen LogP contribution < -0.4 is 15.0 Å². The van der Waals surface area contributed by atoms with E-state index in [2.05, 4.69) is 19.2 Å². The van der Waals surface area contributed by atoms with E-state index in [4.69, 9.17) is 14.2 Å². The zero-order valence-electron chi connectivity index (χ0n) is 20.7. The number of rotatable bonds is 10. The fourth-order valence-corrected chi connectivity index (χ4v) is 4.78. The van der Waals surface area contributed by atoms with Crippen molar-refractivity contribution in [2.45, 2.75) is 64.1 Å². The van der Waals surface area contributed by atoms with Crippen molar-refractivity contribution in [2.75, 3.05) is 52.0 Å². The molecule has 2 aliphatic rings. The van der Waals surface area contributed by atoms with Gasteiger partial charge in [-0.2, -0.15) is 0 Å². The molecule has 1 fully saturated rings. The Morgan fingerprint density at radius 3 is 2.73 bits per heavy atom. The first-order valence-electron chi connectivity index (χ1n) is 12.0. The molecule has 3 rings (SSSR count). The SMILES string of the molecule is COCCCCN1C(=O)[C@@](C)(COC)Oc2ccc(C(=O)N(C(C)C)[C@@H]3CCCNC3)cc21. The molecule has 8 heteroatoms. The maximum absolute atomic E-state index is 13.6. The van der Waals surface area contributed by atoms with Crippen LogP contribution in [0.4, 0.5) is 5.69 Å². The van der Waals surface area contributed by atoms with Crippen LogP contribution in [0.1, 0.15) is 56.8 Å². The molecule has 0 unspecified atom stereocenters. The number of ether oxygens (including phenoxy) is 3. The molecule has 2 heterocycles.